The molecule has 3 aromatic rings. The van der Waals surface area contributed by atoms with Gasteiger partial charge in [0.05, 0.1) is 5.69 Å². The largest absolute Gasteiger partial charge is 0.393 e. The molecule has 0 fully saturated rings. The first-order valence-corrected chi connectivity index (χ1v) is 8.41. The maximum Gasteiger partial charge on any atom is 0.188 e. The minimum atomic E-state index is 0.460. The van der Waals surface area contributed by atoms with Gasteiger partial charge in [0.1, 0.15) is 12.0 Å². The topological polar surface area (TPSA) is 88.8 Å². The van der Waals surface area contributed by atoms with Gasteiger partial charge in [0, 0.05) is 10.6 Å². The van der Waals surface area contributed by atoms with Crippen molar-refractivity contribution in [2.24, 2.45) is 0 Å². The average Bonchev–Trinajstić information content (AvgIpc) is 2.80. The molecule has 7 heteroatoms. The Morgan fingerprint density at radius 1 is 0.917 bits per heavy atom. The number of anilines is 5. The second-order valence-electron chi connectivity index (χ2n) is 5.77. The van der Waals surface area contributed by atoms with Gasteiger partial charge in [-0.3, -0.25) is 0 Å². The van der Waals surface area contributed by atoms with Crippen molar-refractivity contribution in [3.8, 4) is 0 Å². The van der Waals surface area contributed by atoms with Gasteiger partial charge in [-0.1, -0.05) is 6.07 Å². The molecule has 1 aromatic carbocycles. The number of nitrogens with zero attached hydrogens (tertiary/aromatic N) is 3. The number of rotatable bonds is 4. The quantitative estimate of drug-likeness (QED) is 0.658. The summed E-state index contributed by atoms with van der Waals surface area (Å²) in [5, 5.41) is 7.21. The Morgan fingerprint density at radius 2 is 1.54 bits per heavy atom. The molecule has 2 aromatic heterocycles. The first-order valence-electron chi connectivity index (χ1n) is 7.59. The number of nitrogens with two attached hydrogens (primary N) is 1. The number of thiazole rings is 1. The molecular formula is C17H20N6S. The van der Waals surface area contributed by atoms with E-state index in [-0.39, 0.29) is 0 Å². The van der Waals surface area contributed by atoms with Crippen LogP contribution in [0.5, 0.6) is 0 Å². The smallest absolute Gasteiger partial charge is 0.188 e. The van der Waals surface area contributed by atoms with Crippen molar-refractivity contribution >= 4 is 39.5 Å². The maximum absolute atomic E-state index is 6.23. The van der Waals surface area contributed by atoms with Crippen LogP contribution in [0.25, 0.3) is 0 Å². The predicted molar refractivity (Wildman–Crippen MR) is 101 cm³/mol. The van der Waals surface area contributed by atoms with E-state index in [1.807, 2.05) is 13.8 Å². The molecule has 6 nitrogen and oxygen atoms in total. The van der Waals surface area contributed by atoms with Crippen LogP contribution in [-0.2, 0) is 0 Å². The standard InChI is InChI=1S/C17H20N6S/c1-9-5-10(2)7-13(6-9)22-15-14(18)16(20-8-19-15)23-17-21-11(3)12(4)24-17/h5-8H,18H2,1-4H3,(H2,19,20,21,22,23). The summed E-state index contributed by atoms with van der Waals surface area (Å²) in [7, 11) is 0. The number of hydrogen-bond acceptors (Lipinski definition) is 7. The summed E-state index contributed by atoms with van der Waals surface area (Å²) < 4.78 is 0. The average molecular weight is 340 g/mol. The van der Waals surface area contributed by atoms with Crippen molar-refractivity contribution in [2.45, 2.75) is 27.7 Å². The van der Waals surface area contributed by atoms with Crippen LogP contribution in [0.15, 0.2) is 24.5 Å². The molecule has 3 rings (SSSR count). The van der Waals surface area contributed by atoms with Gasteiger partial charge in [-0.25, -0.2) is 15.0 Å². The number of aryl methyl sites for hydroxylation is 4. The Balaban J connectivity index is 1.87. The van der Waals surface area contributed by atoms with Crippen LogP contribution in [0.3, 0.4) is 0 Å². The third kappa shape index (κ3) is 3.46. The van der Waals surface area contributed by atoms with Crippen LogP contribution < -0.4 is 16.4 Å². The fourth-order valence-corrected chi connectivity index (χ4v) is 3.22. The van der Waals surface area contributed by atoms with Crippen LogP contribution in [0.2, 0.25) is 0 Å². The zero-order chi connectivity index (χ0) is 17.3. The fraction of sp³-hybridized carbons (Fsp3) is 0.235. The summed E-state index contributed by atoms with van der Waals surface area (Å²) in [6, 6.07) is 6.22. The summed E-state index contributed by atoms with van der Waals surface area (Å²) in [5.41, 5.74) is 11.0. The lowest BCUT2D eigenvalue weighted by atomic mass is 10.1. The molecule has 2 heterocycles. The molecule has 0 spiro atoms. The van der Waals surface area contributed by atoms with E-state index in [9.17, 15) is 0 Å². The molecule has 0 radical (unpaired) electrons. The number of hydrogen-bond donors (Lipinski definition) is 3. The minimum Gasteiger partial charge on any atom is -0.393 e. The Labute approximate surface area is 145 Å². The van der Waals surface area contributed by atoms with E-state index in [0.29, 0.717) is 17.3 Å². The molecule has 0 bridgehead atoms. The monoisotopic (exact) mass is 340 g/mol. The Morgan fingerprint density at radius 3 is 2.12 bits per heavy atom. The van der Waals surface area contributed by atoms with Gasteiger partial charge in [0.2, 0.25) is 0 Å². The van der Waals surface area contributed by atoms with Gasteiger partial charge in [-0.05, 0) is 51.0 Å². The third-order valence-corrected chi connectivity index (χ3v) is 4.61. The van der Waals surface area contributed by atoms with E-state index in [4.69, 9.17) is 5.73 Å². The molecule has 0 amide bonds. The molecule has 0 aliphatic carbocycles. The second kappa shape index (κ2) is 6.45. The summed E-state index contributed by atoms with van der Waals surface area (Å²) in [4.78, 5) is 14.1. The van der Waals surface area contributed by atoms with Crippen molar-refractivity contribution in [1.82, 2.24) is 15.0 Å². The Bertz CT molecular complexity index is 847. The highest BCUT2D eigenvalue weighted by Gasteiger charge is 2.11. The third-order valence-electron chi connectivity index (χ3n) is 3.62. The predicted octanol–water partition coefficient (Wildman–Crippen LogP) is 4.24. The molecule has 0 saturated heterocycles. The minimum absolute atomic E-state index is 0.460. The van der Waals surface area contributed by atoms with Crippen LogP contribution >= 0.6 is 11.3 Å². The van der Waals surface area contributed by atoms with Crippen molar-refractivity contribution in [1.29, 1.82) is 0 Å². The second-order valence-corrected chi connectivity index (χ2v) is 6.97. The molecule has 124 valence electrons. The van der Waals surface area contributed by atoms with Crippen molar-refractivity contribution in [2.75, 3.05) is 16.4 Å². The van der Waals surface area contributed by atoms with Crippen molar-refractivity contribution < 1.29 is 0 Å². The highest BCUT2D eigenvalue weighted by molar-refractivity contribution is 7.15. The van der Waals surface area contributed by atoms with E-state index < -0.39 is 0 Å². The highest BCUT2D eigenvalue weighted by Crippen LogP contribution is 2.30. The van der Waals surface area contributed by atoms with Gasteiger partial charge < -0.3 is 16.4 Å². The Hall–Kier alpha value is -2.67. The van der Waals surface area contributed by atoms with Gasteiger partial charge in [-0.15, -0.1) is 11.3 Å². The summed E-state index contributed by atoms with van der Waals surface area (Å²) in [6.07, 6.45) is 1.48. The SMILES string of the molecule is Cc1cc(C)cc(Nc2ncnc(Nc3nc(C)c(C)s3)c2N)c1. The van der Waals surface area contributed by atoms with E-state index in [1.165, 1.54) is 22.3 Å². The van der Waals surface area contributed by atoms with Gasteiger partial charge >= 0.3 is 0 Å². The summed E-state index contributed by atoms with van der Waals surface area (Å²) in [5.74, 6) is 1.12. The summed E-state index contributed by atoms with van der Waals surface area (Å²) >= 11 is 1.57. The van der Waals surface area contributed by atoms with E-state index in [1.54, 1.807) is 11.3 Å². The van der Waals surface area contributed by atoms with Gasteiger partial charge in [0.15, 0.2) is 16.8 Å². The molecule has 0 atom stereocenters. The number of aromatic nitrogens is 3. The summed E-state index contributed by atoms with van der Waals surface area (Å²) in [6.45, 7) is 8.13. The van der Waals surface area contributed by atoms with E-state index in [0.717, 1.165) is 16.5 Å². The fourth-order valence-electron chi connectivity index (χ4n) is 2.41. The molecule has 4 N–H and O–H groups in total. The van der Waals surface area contributed by atoms with Gasteiger partial charge in [-0.2, -0.15) is 0 Å². The maximum atomic E-state index is 6.23. The van der Waals surface area contributed by atoms with Crippen LogP contribution in [0.4, 0.5) is 28.1 Å². The normalized spacial score (nSPS) is 10.7. The van der Waals surface area contributed by atoms with Crippen LogP contribution in [0, 0.1) is 27.7 Å². The van der Waals surface area contributed by atoms with Gasteiger partial charge in [0.25, 0.3) is 0 Å². The van der Waals surface area contributed by atoms with Crippen LogP contribution in [0.1, 0.15) is 21.7 Å². The Kier molecular flexibility index (Phi) is 4.35. The molecule has 0 unspecified atom stereocenters. The first kappa shape index (κ1) is 16.2. The molecule has 0 aliphatic rings. The number of nitrogen functional groups attached to an aromatic ring is 1. The lowest BCUT2D eigenvalue weighted by molar-refractivity contribution is 1.16. The van der Waals surface area contributed by atoms with Crippen molar-refractivity contribution in [3.05, 3.63) is 46.2 Å². The van der Waals surface area contributed by atoms with E-state index >= 15 is 0 Å². The molecular weight excluding hydrogens is 320 g/mol. The first-order chi connectivity index (χ1) is 11.4. The molecule has 0 aliphatic heterocycles. The lowest BCUT2D eigenvalue weighted by Gasteiger charge is -2.12. The highest BCUT2D eigenvalue weighted by atomic mass is 32.1. The molecule has 24 heavy (non-hydrogen) atoms. The lowest BCUT2D eigenvalue weighted by Crippen LogP contribution is -2.05. The number of nitrogens with one attached hydrogen (secondary N) is 2. The molecule has 0 saturated carbocycles. The van der Waals surface area contributed by atoms with Crippen molar-refractivity contribution in [3.63, 3.8) is 0 Å². The van der Waals surface area contributed by atoms with E-state index in [2.05, 4.69) is 57.6 Å². The zero-order valence-corrected chi connectivity index (χ0v) is 15.0. The zero-order valence-electron chi connectivity index (χ0n) is 14.1. The van der Waals surface area contributed by atoms with Crippen LogP contribution in [-0.4, -0.2) is 15.0 Å². The number of benzene rings is 1.